The summed E-state index contributed by atoms with van der Waals surface area (Å²) < 4.78 is 38.0. The lowest BCUT2D eigenvalue weighted by Gasteiger charge is -2.36. The SMILES string of the molecule is Nc1nc2c(sc(=O)n2CCN2CCN(c3cc(C(=O)NC[C@@H](O)CO)c(F)cc3F)CC2)c2nc(-c3ccco3)nn12. The number of halogens is 2. The number of carbonyl (C=O) groups excluding carboxylic acids is 1. The minimum atomic E-state index is -1.19. The molecule has 1 saturated heterocycles. The number of benzene rings is 1. The third kappa shape index (κ3) is 5.54. The maximum absolute atomic E-state index is 14.7. The van der Waals surface area contributed by atoms with Crippen molar-refractivity contribution in [2.24, 2.45) is 0 Å². The van der Waals surface area contributed by atoms with E-state index in [1.807, 2.05) is 0 Å². The molecule has 5 N–H and O–H groups in total. The molecule has 5 aromatic rings. The number of rotatable bonds is 9. The van der Waals surface area contributed by atoms with Gasteiger partial charge in [0.2, 0.25) is 11.8 Å². The number of thiazole rings is 1. The van der Waals surface area contributed by atoms with Gasteiger partial charge >= 0.3 is 4.87 Å². The van der Waals surface area contributed by atoms with Crippen molar-refractivity contribution in [3.8, 4) is 11.6 Å². The Hall–Kier alpha value is -4.45. The number of nitrogen functional groups attached to an aromatic ring is 1. The minimum absolute atomic E-state index is 0.0759. The number of anilines is 2. The normalized spacial score (nSPS) is 15.0. The summed E-state index contributed by atoms with van der Waals surface area (Å²) in [5.41, 5.74) is 6.69. The molecule has 43 heavy (non-hydrogen) atoms. The molecule has 1 aliphatic heterocycles. The topological polar surface area (TPSA) is 180 Å². The molecule has 0 unspecified atom stereocenters. The number of hydrogen-bond donors (Lipinski definition) is 4. The summed E-state index contributed by atoms with van der Waals surface area (Å²) in [5.74, 6) is -1.80. The van der Waals surface area contributed by atoms with E-state index in [9.17, 15) is 23.5 Å². The second-order valence-electron chi connectivity index (χ2n) is 9.95. The highest BCUT2D eigenvalue weighted by Gasteiger charge is 2.25. The molecule has 0 aliphatic carbocycles. The lowest BCUT2D eigenvalue weighted by atomic mass is 10.1. The van der Waals surface area contributed by atoms with Crippen LogP contribution in [0.25, 0.3) is 27.6 Å². The lowest BCUT2D eigenvalue weighted by molar-refractivity contribution is 0.0799. The van der Waals surface area contributed by atoms with E-state index in [0.717, 1.165) is 17.4 Å². The second-order valence-corrected chi connectivity index (χ2v) is 10.9. The van der Waals surface area contributed by atoms with Crippen molar-refractivity contribution in [2.45, 2.75) is 12.6 Å². The summed E-state index contributed by atoms with van der Waals surface area (Å²) in [6.45, 7) is 1.82. The van der Waals surface area contributed by atoms with Crippen molar-refractivity contribution in [3.05, 3.63) is 57.4 Å². The highest BCUT2D eigenvalue weighted by atomic mass is 32.1. The van der Waals surface area contributed by atoms with Crippen LogP contribution in [0.4, 0.5) is 20.4 Å². The van der Waals surface area contributed by atoms with Crippen LogP contribution in [0.5, 0.6) is 0 Å². The quantitative estimate of drug-likeness (QED) is 0.182. The Morgan fingerprint density at radius 3 is 2.65 bits per heavy atom. The number of nitrogens with one attached hydrogen (secondary N) is 1. The first kappa shape index (κ1) is 28.7. The van der Waals surface area contributed by atoms with Crippen LogP contribution in [0.15, 0.2) is 39.7 Å². The summed E-state index contributed by atoms with van der Waals surface area (Å²) in [5, 5.41) is 25.0. The molecule has 0 radical (unpaired) electrons. The van der Waals surface area contributed by atoms with Crippen LogP contribution in [0, 0.1) is 11.6 Å². The van der Waals surface area contributed by atoms with Gasteiger partial charge in [-0.3, -0.25) is 19.1 Å². The van der Waals surface area contributed by atoms with E-state index in [2.05, 4.69) is 25.3 Å². The number of nitrogens with two attached hydrogens (primary N) is 1. The Labute approximate surface area is 245 Å². The fourth-order valence-electron chi connectivity index (χ4n) is 4.91. The summed E-state index contributed by atoms with van der Waals surface area (Å²) in [6.07, 6.45) is 0.313. The van der Waals surface area contributed by atoms with E-state index >= 15 is 0 Å². The third-order valence-electron chi connectivity index (χ3n) is 7.20. The van der Waals surface area contributed by atoms with E-state index in [1.165, 1.54) is 10.8 Å². The van der Waals surface area contributed by atoms with E-state index in [-0.39, 0.29) is 28.6 Å². The summed E-state index contributed by atoms with van der Waals surface area (Å²) in [7, 11) is 0. The molecule has 4 aromatic heterocycles. The zero-order chi connectivity index (χ0) is 30.2. The van der Waals surface area contributed by atoms with Gasteiger partial charge in [-0.05, 0) is 18.2 Å². The molecule has 0 spiro atoms. The monoisotopic (exact) mass is 615 g/mol. The fraction of sp³-hybridized carbons (Fsp3) is 0.346. The van der Waals surface area contributed by atoms with Gasteiger partial charge in [0.15, 0.2) is 17.1 Å². The van der Waals surface area contributed by atoms with Gasteiger partial charge in [-0.1, -0.05) is 11.3 Å². The molecule has 5 heterocycles. The second kappa shape index (κ2) is 11.7. The van der Waals surface area contributed by atoms with Crippen LogP contribution in [0.3, 0.4) is 0 Å². The highest BCUT2D eigenvalue weighted by Crippen LogP contribution is 2.27. The molecular formula is C26H27F2N9O5S. The number of aliphatic hydroxyl groups excluding tert-OH is 2. The van der Waals surface area contributed by atoms with E-state index in [4.69, 9.17) is 15.3 Å². The molecular weight excluding hydrogens is 588 g/mol. The zero-order valence-corrected chi connectivity index (χ0v) is 23.4. The molecule has 1 aromatic carbocycles. The Morgan fingerprint density at radius 2 is 1.93 bits per heavy atom. The average molecular weight is 616 g/mol. The molecule has 1 fully saturated rings. The lowest BCUT2D eigenvalue weighted by Crippen LogP contribution is -2.47. The summed E-state index contributed by atoms with van der Waals surface area (Å²) >= 11 is 1.00. The Balaban J connectivity index is 1.14. The number of nitrogens with zero attached hydrogens (tertiary/aromatic N) is 7. The van der Waals surface area contributed by atoms with Crippen molar-refractivity contribution in [2.75, 3.05) is 56.5 Å². The van der Waals surface area contributed by atoms with Gasteiger partial charge < -0.3 is 30.6 Å². The van der Waals surface area contributed by atoms with Gasteiger partial charge in [-0.25, -0.2) is 13.8 Å². The predicted molar refractivity (Wildman–Crippen MR) is 153 cm³/mol. The first-order valence-corrected chi connectivity index (χ1v) is 14.2. The van der Waals surface area contributed by atoms with Gasteiger partial charge in [0, 0.05) is 51.9 Å². The van der Waals surface area contributed by atoms with Crippen LogP contribution in [0.1, 0.15) is 10.4 Å². The number of hydrogen-bond acceptors (Lipinski definition) is 12. The van der Waals surface area contributed by atoms with E-state index in [1.54, 1.807) is 21.6 Å². The van der Waals surface area contributed by atoms with Crippen LogP contribution in [-0.4, -0.2) is 97.1 Å². The molecule has 14 nitrogen and oxygen atoms in total. The Bertz CT molecular complexity index is 1850. The predicted octanol–water partition coefficient (Wildman–Crippen LogP) is 0.526. The molecule has 6 rings (SSSR count). The number of furan rings is 1. The number of fused-ring (bicyclic) bond motifs is 3. The first-order valence-electron chi connectivity index (χ1n) is 13.4. The smallest absolute Gasteiger partial charge is 0.309 e. The van der Waals surface area contributed by atoms with E-state index in [0.29, 0.717) is 72.9 Å². The summed E-state index contributed by atoms with van der Waals surface area (Å²) in [4.78, 5) is 37.9. The molecule has 1 aliphatic rings. The Kier molecular flexibility index (Phi) is 7.78. The molecule has 1 atom stereocenters. The molecule has 226 valence electrons. The Morgan fingerprint density at radius 1 is 1.14 bits per heavy atom. The number of aliphatic hydroxyl groups is 2. The number of aromatic nitrogens is 5. The molecule has 17 heteroatoms. The van der Waals surface area contributed by atoms with Crippen molar-refractivity contribution in [3.63, 3.8) is 0 Å². The number of piperazine rings is 1. The van der Waals surface area contributed by atoms with Crippen molar-refractivity contribution in [1.29, 1.82) is 0 Å². The van der Waals surface area contributed by atoms with Crippen LogP contribution in [0.2, 0.25) is 0 Å². The molecule has 0 saturated carbocycles. The van der Waals surface area contributed by atoms with Crippen molar-refractivity contribution >= 4 is 44.9 Å². The van der Waals surface area contributed by atoms with Gasteiger partial charge in [0.1, 0.15) is 16.3 Å². The van der Waals surface area contributed by atoms with Crippen molar-refractivity contribution < 1.29 is 28.2 Å². The standard InChI is InChI=1S/C26H27F2N9O5S/c27-16-11-17(28)18(10-15(16)24(40)30-12-14(39)13-38)35-6-3-34(4-7-35)5-8-36-22-20(43-26(36)41)23-31-21(19-2-1-9-42-19)33-37(23)25(29)32-22/h1-2,9-11,14,38-39H,3-8,12-13H2,(H2,29,32)(H,30,40)/t14-/m1/s1. The number of carbonyl (C=O) groups is 1. The average Bonchev–Trinajstić information content (AvgIpc) is 3.75. The van der Waals surface area contributed by atoms with Gasteiger partial charge in [0.25, 0.3) is 5.91 Å². The van der Waals surface area contributed by atoms with Gasteiger partial charge in [0.05, 0.1) is 30.2 Å². The van der Waals surface area contributed by atoms with Crippen LogP contribution < -0.4 is 20.8 Å². The minimum Gasteiger partial charge on any atom is -0.461 e. The number of amides is 1. The van der Waals surface area contributed by atoms with Gasteiger partial charge in [-0.15, -0.1) is 5.10 Å². The van der Waals surface area contributed by atoms with Gasteiger partial charge in [-0.2, -0.15) is 9.50 Å². The molecule has 0 bridgehead atoms. The third-order valence-corrected chi connectivity index (χ3v) is 8.16. The first-order chi connectivity index (χ1) is 20.7. The molecule has 1 amide bonds. The van der Waals surface area contributed by atoms with Crippen LogP contribution >= 0.6 is 11.3 Å². The largest absolute Gasteiger partial charge is 0.461 e. The van der Waals surface area contributed by atoms with E-state index < -0.39 is 30.3 Å². The maximum atomic E-state index is 14.7. The fourth-order valence-corrected chi connectivity index (χ4v) is 5.85. The maximum Gasteiger partial charge on any atom is 0.309 e. The zero-order valence-electron chi connectivity index (χ0n) is 22.6. The highest BCUT2D eigenvalue weighted by molar-refractivity contribution is 7.17. The van der Waals surface area contributed by atoms with Crippen molar-refractivity contribution in [1.82, 2.24) is 34.4 Å². The summed E-state index contributed by atoms with van der Waals surface area (Å²) in [6, 6.07) is 5.25. The van der Waals surface area contributed by atoms with Crippen LogP contribution in [-0.2, 0) is 6.54 Å².